The minimum absolute atomic E-state index is 0.370. The van der Waals surface area contributed by atoms with Crippen LogP contribution in [-0.2, 0) is 14.3 Å². The van der Waals surface area contributed by atoms with Crippen molar-refractivity contribution in [2.45, 2.75) is 98.9 Å². The second-order valence-electron chi connectivity index (χ2n) is 12.0. The van der Waals surface area contributed by atoms with Crippen LogP contribution in [0, 0.1) is 26.7 Å². The van der Waals surface area contributed by atoms with Gasteiger partial charge in [0.05, 0.1) is 6.61 Å². The summed E-state index contributed by atoms with van der Waals surface area (Å²) >= 11 is 0. The molecule has 8 nitrogen and oxygen atoms in total. The van der Waals surface area contributed by atoms with Gasteiger partial charge in [-0.05, 0) is 89.5 Å². The van der Waals surface area contributed by atoms with Crippen molar-refractivity contribution < 1.29 is 24.2 Å². The Balaban J connectivity index is 2.62. The molecule has 0 aliphatic heterocycles. The molecule has 0 fully saturated rings. The fourth-order valence-electron chi connectivity index (χ4n) is 4.64. The van der Waals surface area contributed by atoms with E-state index in [2.05, 4.69) is 24.5 Å². The van der Waals surface area contributed by atoms with Crippen molar-refractivity contribution in [3.8, 4) is 0 Å². The number of amides is 3. The van der Waals surface area contributed by atoms with Gasteiger partial charge >= 0.3 is 6.09 Å². The number of aliphatic hydroxyl groups excluding tert-OH is 1. The second kappa shape index (κ2) is 14.3. The topological polar surface area (TPSA) is 108 Å². The van der Waals surface area contributed by atoms with Crippen LogP contribution >= 0.6 is 0 Å². The first-order valence-electron chi connectivity index (χ1n) is 14.0. The first-order valence-corrected chi connectivity index (χ1v) is 14.0. The summed E-state index contributed by atoms with van der Waals surface area (Å²) in [6, 6.07) is 10.6. The molecule has 3 unspecified atom stereocenters. The molecule has 0 spiro atoms. The summed E-state index contributed by atoms with van der Waals surface area (Å²) in [6.45, 7) is 16.4. The predicted octanol–water partition coefficient (Wildman–Crippen LogP) is 5.83. The van der Waals surface area contributed by atoms with Gasteiger partial charge < -0.3 is 25.4 Å². The zero-order valence-corrected chi connectivity index (χ0v) is 25.5. The third-order valence-electron chi connectivity index (χ3n) is 6.80. The van der Waals surface area contributed by atoms with Crippen molar-refractivity contribution in [1.82, 2.24) is 10.2 Å². The van der Waals surface area contributed by atoms with E-state index in [1.807, 2.05) is 70.2 Å². The molecule has 3 atom stereocenters. The van der Waals surface area contributed by atoms with Gasteiger partial charge in [-0.15, -0.1) is 0 Å². The van der Waals surface area contributed by atoms with Crippen LogP contribution in [0.5, 0.6) is 0 Å². The van der Waals surface area contributed by atoms with E-state index < -0.39 is 36.3 Å². The molecule has 0 bridgehead atoms. The average molecular weight is 554 g/mol. The number of carbonyl (C=O) groups excluding carboxylic acids is 3. The average Bonchev–Trinajstić information content (AvgIpc) is 2.85. The van der Waals surface area contributed by atoms with E-state index in [9.17, 15) is 19.5 Å². The Hall–Kier alpha value is -3.39. The number of rotatable bonds is 11. The molecule has 0 aliphatic rings. The summed E-state index contributed by atoms with van der Waals surface area (Å²) in [7, 11) is 0. The summed E-state index contributed by atoms with van der Waals surface area (Å²) in [5.74, 6) is -0.548. The highest BCUT2D eigenvalue weighted by Gasteiger charge is 2.39. The molecule has 40 heavy (non-hydrogen) atoms. The van der Waals surface area contributed by atoms with Gasteiger partial charge in [0.25, 0.3) is 5.91 Å². The van der Waals surface area contributed by atoms with Gasteiger partial charge in [-0.3, -0.25) is 9.59 Å². The summed E-state index contributed by atoms with van der Waals surface area (Å²) < 4.78 is 5.35. The van der Waals surface area contributed by atoms with E-state index in [1.165, 1.54) is 4.90 Å². The maximum Gasteiger partial charge on any atom is 0.408 e. The lowest BCUT2D eigenvalue weighted by atomic mass is 9.94. The summed E-state index contributed by atoms with van der Waals surface area (Å²) in [6.07, 6.45) is 0.641. The lowest BCUT2D eigenvalue weighted by molar-refractivity contribution is -0.144. The number of hydrogen-bond acceptors (Lipinski definition) is 5. The van der Waals surface area contributed by atoms with Gasteiger partial charge in [-0.25, -0.2) is 4.79 Å². The first-order chi connectivity index (χ1) is 18.7. The third-order valence-corrected chi connectivity index (χ3v) is 6.80. The van der Waals surface area contributed by atoms with Crippen LogP contribution in [0.1, 0.15) is 82.7 Å². The van der Waals surface area contributed by atoms with Crippen molar-refractivity contribution in [2.75, 3.05) is 11.9 Å². The highest BCUT2D eigenvalue weighted by Crippen LogP contribution is 2.31. The number of nitrogens with zero attached hydrogens (tertiary/aromatic N) is 1. The molecular weight excluding hydrogens is 506 g/mol. The number of ether oxygens (including phenoxy) is 1. The largest absolute Gasteiger partial charge is 0.444 e. The van der Waals surface area contributed by atoms with Crippen LogP contribution < -0.4 is 10.6 Å². The quantitative estimate of drug-likeness (QED) is 0.324. The van der Waals surface area contributed by atoms with Gasteiger partial charge in [0, 0.05) is 11.7 Å². The molecule has 3 amide bonds. The Kier molecular flexibility index (Phi) is 11.7. The number of anilines is 1. The van der Waals surface area contributed by atoms with Crippen LogP contribution in [0.3, 0.4) is 0 Å². The number of para-hydroxylation sites is 1. The molecule has 220 valence electrons. The standard InChI is InChI=1S/C32H47N3O5/c1-20(2)17-18-24(6)35(30(38)26(19-36)33-31(39)40-32(7,8)9)28(25-16-11-10-13-21(25)3)29(37)34-27-22(4)14-12-15-23(27)5/h10-16,20,24,26,28,36H,17-19H2,1-9H3,(H,33,39)(H,34,37). The highest BCUT2D eigenvalue weighted by atomic mass is 16.6. The molecule has 0 heterocycles. The highest BCUT2D eigenvalue weighted by molar-refractivity contribution is 6.00. The molecule has 2 aromatic rings. The number of aliphatic hydroxyl groups is 1. The molecule has 3 N–H and O–H groups in total. The maximum atomic E-state index is 14.2. The normalized spacial score (nSPS) is 13.8. The lowest BCUT2D eigenvalue weighted by Crippen LogP contribution is -2.56. The van der Waals surface area contributed by atoms with Gasteiger partial charge in [0.2, 0.25) is 5.91 Å². The number of alkyl carbamates (subject to hydrolysis) is 1. The molecule has 8 heteroatoms. The Morgan fingerprint density at radius 2 is 1.48 bits per heavy atom. The molecular formula is C32H47N3O5. The van der Waals surface area contributed by atoms with E-state index in [-0.39, 0.29) is 11.9 Å². The molecule has 0 radical (unpaired) electrons. The molecule has 2 rings (SSSR count). The number of aryl methyl sites for hydroxylation is 3. The SMILES string of the molecule is Cc1ccccc1C(C(=O)Nc1c(C)cccc1C)N(C(=O)C(CO)NC(=O)OC(C)(C)C)C(C)CCC(C)C. The van der Waals surface area contributed by atoms with E-state index in [0.717, 1.165) is 23.1 Å². The van der Waals surface area contributed by atoms with E-state index in [0.29, 0.717) is 23.6 Å². The zero-order valence-electron chi connectivity index (χ0n) is 25.5. The van der Waals surface area contributed by atoms with Crippen LogP contribution in [-0.4, -0.2) is 52.2 Å². The number of carbonyl (C=O) groups is 3. The minimum atomic E-state index is -1.30. The Labute approximate surface area is 239 Å². The van der Waals surface area contributed by atoms with E-state index in [4.69, 9.17) is 4.74 Å². The summed E-state index contributed by atoms with van der Waals surface area (Å²) in [5, 5.41) is 15.8. The van der Waals surface area contributed by atoms with Crippen LogP contribution in [0.15, 0.2) is 42.5 Å². The van der Waals surface area contributed by atoms with Crippen molar-refractivity contribution in [1.29, 1.82) is 0 Å². The summed E-state index contributed by atoms with van der Waals surface area (Å²) in [4.78, 5) is 42.5. The predicted molar refractivity (Wildman–Crippen MR) is 159 cm³/mol. The minimum Gasteiger partial charge on any atom is -0.444 e. The molecule has 0 aromatic heterocycles. The smallest absolute Gasteiger partial charge is 0.408 e. The maximum absolute atomic E-state index is 14.2. The van der Waals surface area contributed by atoms with Gasteiger partial charge in [-0.2, -0.15) is 0 Å². The number of hydrogen-bond donors (Lipinski definition) is 3. The molecule has 2 aromatic carbocycles. The lowest BCUT2D eigenvalue weighted by Gasteiger charge is -2.39. The van der Waals surface area contributed by atoms with E-state index >= 15 is 0 Å². The Morgan fingerprint density at radius 3 is 2.00 bits per heavy atom. The first kappa shape index (κ1) is 32.8. The fraction of sp³-hybridized carbons (Fsp3) is 0.531. The zero-order chi connectivity index (χ0) is 30.2. The van der Waals surface area contributed by atoms with E-state index in [1.54, 1.807) is 20.8 Å². The van der Waals surface area contributed by atoms with Crippen LogP contribution in [0.25, 0.3) is 0 Å². The number of nitrogens with one attached hydrogen (secondary N) is 2. The Morgan fingerprint density at radius 1 is 0.900 bits per heavy atom. The molecule has 0 saturated heterocycles. The van der Waals surface area contributed by atoms with Crippen LogP contribution in [0.2, 0.25) is 0 Å². The molecule has 0 saturated carbocycles. The molecule has 0 aliphatic carbocycles. The summed E-state index contributed by atoms with van der Waals surface area (Å²) in [5.41, 5.74) is 3.24. The Bertz CT molecular complexity index is 1150. The van der Waals surface area contributed by atoms with Crippen LogP contribution in [0.4, 0.5) is 10.5 Å². The van der Waals surface area contributed by atoms with Crippen molar-refractivity contribution in [3.05, 3.63) is 64.7 Å². The van der Waals surface area contributed by atoms with Gasteiger partial charge in [0.1, 0.15) is 17.7 Å². The van der Waals surface area contributed by atoms with Crippen molar-refractivity contribution >= 4 is 23.6 Å². The monoisotopic (exact) mass is 553 g/mol. The fourth-order valence-corrected chi connectivity index (χ4v) is 4.64. The van der Waals surface area contributed by atoms with Gasteiger partial charge in [-0.1, -0.05) is 56.3 Å². The number of benzene rings is 2. The third kappa shape index (κ3) is 9.08. The van der Waals surface area contributed by atoms with Crippen molar-refractivity contribution in [2.24, 2.45) is 5.92 Å². The van der Waals surface area contributed by atoms with Crippen molar-refractivity contribution in [3.63, 3.8) is 0 Å². The second-order valence-corrected chi connectivity index (χ2v) is 12.0. The van der Waals surface area contributed by atoms with Gasteiger partial charge in [0.15, 0.2) is 0 Å².